The van der Waals surface area contributed by atoms with Gasteiger partial charge in [-0.2, -0.15) is 0 Å². The molecule has 1 N–H and O–H groups in total. The molecule has 0 amide bonds. The third-order valence-corrected chi connectivity index (χ3v) is 3.12. The maximum atomic E-state index is 5.80. The van der Waals surface area contributed by atoms with E-state index in [1.54, 1.807) is 12.3 Å². The van der Waals surface area contributed by atoms with Crippen molar-refractivity contribution < 1.29 is 4.74 Å². The van der Waals surface area contributed by atoms with Crippen molar-refractivity contribution in [2.45, 2.75) is 38.2 Å². The summed E-state index contributed by atoms with van der Waals surface area (Å²) in [5.41, 5.74) is 0. The van der Waals surface area contributed by atoms with E-state index in [0.717, 1.165) is 12.4 Å². The summed E-state index contributed by atoms with van der Waals surface area (Å²) < 4.78 is 5.80. The summed E-state index contributed by atoms with van der Waals surface area (Å²) in [7, 11) is 0. The highest BCUT2D eigenvalue weighted by Crippen LogP contribution is 2.19. The molecule has 5 heteroatoms. The zero-order valence-electron chi connectivity index (χ0n) is 9.86. The second-order valence-electron chi connectivity index (χ2n) is 4.27. The molecular formula is C12H18ClN3O. The highest BCUT2D eigenvalue weighted by molar-refractivity contribution is 6.28. The van der Waals surface area contributed by atoms with Crippen LogP contribution in [0.1, 0.15) is 32.1 Å². The van der Waals surface area contributed by atoms with Gasteiger partial charge in [0.1, 0.15) is 5.82 Å². The van der Waals surface area contributed by atoms with Crippen LogP contribution < -0.4 is 5.32 Å². The van der Waals surface area contributed by atoms with Gasteiger partial charge in [0.15, 0.2) is 0 Å². The van der Waals surface area contributed by atoms with Gasteiger partial charge in [-0.15, -0.1) is 0 Å². The van der Waals surface area contributed by atoms with Crippen molar-refractivity contribution in [3.8, 4) is 0 Å². The van der Waals surface area contributed by atoms with Gasteiger partial charge in [-0.05, 0) is 30.5 Å². The zero-order chi connectivity index (χ0) is 11.9. The monoisotopic (exact) mass is 255 g/mol. The summed E-state index contributed by atoms with van der Waals surface area (Å²) in [5.74, 6) is 0.747. The Balaban J connectivity index is 1.62. The van der Waals surface area contributed by atoms with E-state index in [2.05, 4.69) is 15.3 Å². The van der Waals surface area contributed by atoms with Crippen LogP contribution >= 0.6 is 11.6 Å². The van der Waals surface area contributed by atoms with Gasteiger partial charge in [0.05, 0.1) is 12.7 Å². The van der Waals surface area contributed by atoms with Crippen LogP contribution in [0.3, 0.4) is 0 Å². The summed E-state index contributed by atoms with van der Waals surface area (Å²) in [6, 6.07) is 1.80. The molecule has 0 radical (unpaired) electrons. The second kappa shape index (κ2) is 6.77. The second-order valence-corrected chi connectivity index (χ2v) is 4.61. The minimum Gasteiger partial charge on any atom is -0.376 e. The fraction of sp³-hybridized carbons (Fsp3) is 0.667. The number of hydrogen-bond acceptors (Lipinski definition) is 4. The van der Waals surface area contributed by atoms with E-state index in [9.17, 15) is 0 Å². The molecule has 1 heterocycles. The Morgan fingerprint density at radius 3 is 2.94 bits per heavy atom. The van der Waals surface area contributed by atoms with Gasteiger partial charge < -0.3 is 10.1 Å². The van der Waals surface area contributed by atoms with E-state index >= 15 is 0 Å². The maximum absolute atomic E-state index is 5.80. The molecule has 0 aromatic carbocycles. The highest BCUT2D eigenvalue weighted by Gasteiger charge is 2.12. The van der Waals surface area contributed by atoms with E-state index in [1.165, 1.54) is 32.1 Å². The standard InChI is InChI=1S/C12H18ClN3O/c13-12-15-7-6-11(16-12)14-8-9-17-10-4-2-1-3-5-10/h6-7,10H,1-5,8-9H2,(H,14,15,16). The molecule has 1 aliphatic carbocycles. The first-order valence-electron chi connectivity index (χ1n) is 6.18. The van der Waals surface area contributed by atoms with E-state index in [4.69, 9.17) is 16.3 Å². The first kappa shape index (κ1) is 12.6. The molecule has 17 heavy (non-hydrogen) atoms. The van der Waals surface area contributed by atoms with Gasteiger partial charge in [0, 0.05) is 12.7 Å². The molecule has 1 fully saturated rings. The van der Waals surface area contributed by atoms with Crippen molar-refractivity contribution in [1.29, 1.82) is 0 Å². The molecule has 4 nitrogen and oxygen atoms in total. The Morgan fingerprint density at radius 1 is 1.35 bits per heavy atom. The van der Waals surface area contributed by atoms with Crippen LogP contribution in [0.4, 0.5) is 5.82 Å². The van der Waals surface area contributed by atoms with E-state index in [0.29, 0.717) is 12.7 Å². The molecule has 0 atom stereocenters. The molecule has 1 aromatic rings. The van der Waals surface area contributed by atoms with Crippen molar-refractivity contribution >= 4 is 17.4 Å². The summed E-state index contributed by atoms with van der Waals surface area (Å²) in [4.78, 5) is 7.87. The largest absolute Gasteiger partial charge is 0.376 e. The molecule has 0 saturated heterocycles. The Kier molecular flexibility index (Phi) is 5.01. The van der Waals surface area contributed by atoms with Crippen molar-refractivity contribution in [1.82, 2.24) is 9.97 Å². The fourth-order valence-corrected chi connectivity index (χ4v) is 2.22. The highest BCUT2D eigenvalue weighted by atomic mass is 35.5. The van der Waals surface area contributed by atoms with E-state index in [-0.39, 0.29) is 5.28 Å². The molecule has 1 aromatic heterocycles. The van der Waals surface area contributed by atoms with Crippen LogP contribution in [0.25, 0.3) is 0 Å². The summed E-state index contributed by atoms with van der Waals surface area (Å²) in [5, 5.41) is 3.43. The number of rotatable bonds is 5. The van der Waals surface area contributed by atoms with Gasteiger partial charge >= 0.3 is 0 Å². The Bertz CT molecular complexity index is 342. The van der Waals surface area contributed by atoms with Crippen LogP contribution in [-0.2, 0) is 4.74 Å². The van der Waals surface area contributed by atoms with Crippen molar-refractivity contribution in [2.24, 2.45) is 0 Å². The smallest absolute Gasteiger partial charge is 0.224 e. The zero-order valence-corrected chi connectivity index (χ0v) is 10.6. The lowest BCUT2D eigenvalue weighted by Crippen LogP contribution is -2.20. The minimum atomic E-state index is 0.267. The summed E-state index contributed by atoms with van der Waals surface area (Å²) >= 11 is 5.69. The first-order valence-corrected chi connectivity index (χ1v) is 6.56. The number of ether oxygens (including phenoxy) is 1. The minimum absolute atomic E-state index is 0.267. The molecule has 94 valence electrons. The normalized spacial score (nSPS) is 17.0. The number of nitrogens with one attached hydrogen (secondary N) is 1. The lowest BCUT2D eigenvalue weighted by Gasteiger charge is -2.22. The molecule has 0 bridgehead atoms. The van der Waals surface area contributed by atoms with E-state index in [1.807, 2.05) is 0 Å². The third-order valence-electron chi connectivity index (χ3n) is 2.94. The molecular weight excluding hydrogens is 238 g/mol. The molecule has 0 unspecified atom stereocenters. The predicted molar refractivity (Wildman–Crippen MR) is 68.4 cm³/mol. The SMILES string of the molecule is Clc1nccc(NCCOC2CCCCC2)n1. The molecule has 1 aliphatic rings. The number of nitrogens with zero attached hydrogens (tertiary/aromatic N) is 2. The van der Waals surface area contributed by atoms with Gasteiger partial charge in [-0.1, -0.05) is 19.3 Å². The predicted octanol–water partition coefficient (Wildman–Crippen LogP) is 2.89. The topological polar surface area (TPSA) is 47.0 Å². The maximum Gasteiger partial charge on any atom is 0.224 e. The van der Waals surface area contributed by atoms with Crippen LogP contribution in [0.2, 0.25) is 5.28 Å². The van der Waals surface area contributed by atoms with Gasteiger partial charge in [-0.3, -0.25) is 0 Å². The number of aromatic nitrogens is 2. The van der Waals surface area contributed by atoms with Gasteiger partial charge in [-0.25, -0.2) is 9.97 Å². The van der Waals surface area contributed by atoms with Crippen LogP contribution in [0.15, 0.2) is 12.3 Å². The lowest BCUT2D eigenvalue weighted by molar-refractivity contribution is 0.0347. The number of hydrogen-bond donors (Lipinski definition) is 1. The molecule has 2 rings (SSSR count). The Labute approximate surface area is 107 Å². The van der Waals surface area contributed by atoms with Gasteiger partial charge in [0.2, 0.25) is 5.28 Å². The Hall–Kier alpha value is -0.870. The average Bonchev–Trinajstić information content (AvgIpc) is 2.36. The van der Waals surface area contributed by atoms with Crippen molar-refractivity contribution in [3.63, 3.8) is 0 Å². The Morgan fingerprint density at radius 2 is 2.18 bits per heavy atom. The average molecular weight is 256 g/mol. The van der Waals surface area contributed by atoms with Crippen molar-refractivity contribution in [3.05, 3.63) is 17.5 Å². The number of anilines is 1. The fourth-order valence-electron chi connectivity index (χ4n) is 2.07. The van der Waals surface area contributed by atoms with Crippen LogP contribution in [0.5, 0.6) is 0 Å². The molecule has 0 aliphatic heterocycles. The summed E-state index contributed by atoms with van der Waals surface area (Å²) in [6.07, 6.45) is 8.48. The van der Waals surface area contributed by atoms with Crippen LogP contribution in [-0.4, -0.2) is 29.2 Å². The quantitative estimate of drug-likeness (QED) is 0.649. The van der Waals surface area contributed by atoms with Crippen molar-refractivity contribution in [2.75, 3.05) is 18.5 Å². The number of halogens is 1. The van der Waals surface area contributed by atoms with Gasteiger partial charge in [0.25, 0.3) is 0 Å². The van der Waals surface area contributed by atoms with E-state index < -0.39 is 0 Å². The molecule has 0 spiro atoms. The molecule has 1 saturated carbocycles. The lowest BCUT2D eigenvalue weighted by atomic mass is 9.98. The van der Waals surface area contributed by atoms with Crippen LogP contribution in [0, 0.1) is 0 Å². The summed E-state index contributed by atoms with van der Waals surface area (Å²) in [6.45, 7) is 1.47. The third kappa shape index (κ3) is 4.48. The first-order chi connectivity index (χ1) is 8.34.